The minimum absolute atomic E-state index is 0.00176. The Morgan fingerprint density at radius 1 is 1.50 bits per heavy atom. The van der Waals surface area contributed by atoms with Gasteiger partial charge in [-0.25, -0.2) is 0 Å². The number of halogens is 1. The van der Waals surface area contributed by atoms with Crippen LogP contribution in [0.15, 0.2) is 15.5 Å². The van der Waals surface area contributed by atoms with E-state index in [1.54, 1.807) is 6.20 Å². The highest BCUT2D eigenvalue weighted by Gasteiger charge is 2.09. The molecule has 1 aromatic heterocycles. The van der Waals surface area contributed by atoms with Gasteiger partial charge in [-0.2, -0.15) is 0 Å². The molecule has 1 aromatic rings. The maximum atomic E-state index is 11.2. The summed E-state index contributed by atoms with van der Waals surface area (Å²) < 4.78 is 0.981. The van der Waals surface area contributed by atoms with Gasteiger partial charge in [0.25, 0.3) is 5.56 Å². The predicted molar refractivity (Wildman–Crippen MR) is 53.6 cm³/mol. The number of aromatic amines is 1. The summed E-state index contributed by atoms with van der Waals surface area (Å²) in [6.45, 7) is 6.00. The lowest BCUT2D eigenvalue weighted by Crippen LogP contribution is -2.12. The molecule has 0 saturated heterocycles. The van der Waals surface area contributed by atoms with E-state index >= 15 is 0 Å². The molecule has 0 unspecified atom stereocenters. The van der Waals surface area contributed by atoms with Crippen molar-refractivity contribution in [2.75, 3.05) is 0 Å². The lowest BCUT2D eigenvalue weighted by molar-refractivity contribution is 0.839. The molecule has 0 spiro atoms. The van der Waals surface area contributed by atoms with Crippen LogP contribution in [0.4, 0.5) is 0 Å². The van der Waals surface area contributed by atoms with Crippen LogP contribution >= 0.6 is 15.9 Å². The molecule has 0 aliphatic carbocycles. The molecule has 1 N–H and O–H groups in total. The SMILES string of the molecule is Cc1c(C(C)C)c(Br)c[nH]c1=O. The molecule has 3 heteroatoms. The largest absolute Gasteiger partial charge is 0.328 e. The molecule has 0 fully saturated rings. The molecule has 0 aromatic carbocycles. The standard InChI is InChI=1S/C9H12BrNO/c1-5(2)8-6(3)9(12)11-4-7(8)10/h4-5H,1-3H3,(H,11,12). The van der Waals surface area contributed by atoms with Crippen LogP contribution in [0.3, 0.4) is 0 Å². The Labute approximate surface area is 80.1 Å². The summed E-state index contributed by atoms with van der Waals surface area (Å²) in [6.07, 6.45) is 1.70. The number of H-pyrrole nitrogens is 1. The summed E-state index contributed by atoms with van der Waals surface area (Å²) in [6, 6.07) is 0. The summed E-state index contributed by atoms with van der Waals surface area (Å²) >= 11 is 3.41. The highest BCUT2D eigenvalue weighted by molar-refractivity contribution is 9.10. The van der Waals surface area contributed by atoms with Crippen LogP contribution in [0.25, 0.3) is 0 Å². The molecule has 0 radical (unpaired) electrons. The number of rotatable bonds is 1. The van der Waals surface area contributed by atoms with Crippen LogP contribution in [-0.2, 0) is 0 Å². The first-order valence-electron chi connectivity index (χ1n) is 3.91. The third-order valence-corrected chi connectivity index (χ3v) is 2.57. The quantitative estimate of drug-likeness (QED) is 0.790. The fraction of sp³-hybridized carbons (Fsp3) is 0.444. The van der Waals surface area contributed by atoms with Crippen LogP contribution in [0.5, 0.6) is 0 Å². The fourth-order valence-electron chi connectivity index (χ4n) is 1.33. The molecule has 0 bridgehead atoms. The summed E-state index contributed by atoms with van der Waals surface area (Å²) in [4.78, 5) is 13.9. The van der Waals surface area contributed by atoms with Gasteiger partial charge in [-0.1, -0.05) is 13.8 Å². The molecule has 66 valence electrons. The van der Waals surface area contributed by atoms with Gasteiger partial charge in [-0.05, 0) is 34.3 Å². The highest BCUT2D eigenvalue weighted by atomic mass is 79.9. The van der Waals surface area contributed by atoms with E-state index in [9.17, 15) is 4.79 Å². The Morgan fingerprint density at radius 2 is 2.08 bits per heavy atom. The second-order valence-corrected chi connectivity index (χ2v) is 4.01. The van der Waals surface area contributed by atoms with Crippen molar-refractivity contribution in [2.24, 2.45) is 0 Å². The molecule has 2 nitrogen and oxygen atoms in total. The van der Waals surface area contributed by atoms with E-state index < -0.39 is 0 Å². The zero-order chi connectivity index (χ0) is 9.30. The predicted octanol–water partition coefficient (Wildman–Crippen LogP) is 2.57. The average Bonchev–Trinajstić information content (AvgIpc) is 1.97. The number of aromatic nitrogens is 1. The van der Waals surface area contributed by atoms with Crippen molar-refractivity contribution in [3.05, 3.63) is 32.2 Å². The monoisotopic (exact) mass is 229 g/mol. The molecule has 0 atom stereocenters. The van der Waals surface area contributed by atoms with E-state index in [-0.39, 0.29) is 5.56 Å². The summed E-state index contributed by atoms with van der Waals surface area (Å²) in [5.74, 6) is 0.377. The summed E-state index contributed by atoms with van der Waals surface area (Å²) in [5.41, 5.74) is 1.90. The maximum absolute atomic E-state index is 11.2. The first kappa shape index (κ1) is 9.52. The van der Waals surface area contributed by atoms with Crippen molar-refractivity contribution in [1.82, 2.24) is 4.98 Å². The molecule has 1 rings (SSSR count). The van der Waals surface area contributed by atoms with Crippen LogP contribution in [0.2, 0.25) is 0 Å². The van der Waals surface area contributed by atoms with Crippen LogP contribution in [0, 0.1) is 6.92 Å². The van der Waals surface area contributed by atoms with E-state index in [0.29, 0.717) is 5.92 Å². The second-order valence-electron chi connectivity index (χ2n) is 3.16. The molecule has 0 saturated carbocycles. The smallest absolute Gasteiger partial charge is 0.251 e. The number of hydrogen-bond acceptors (Lipinski definition) is 1. The topological polar surface area (TPSA) is 32.9 Å². The highest BCUT2D eigenvalue weighted by Crippen LogP contribution is 2.24. The molecule has 0 aliphatic heterocycles. The van der Waals surface area contributed by atoms with Gasteiger partial charge >= 0.3 is 0 Å². The first-order valence-corrected chi connectivity index (χ1v) is 4.71. The molecule has 12 heavy (non-hydrogen) atoms. The Morgan fingerprint density at radius 3 is 2.50 bits per heavy atom. The molecule has 0 aliphatic rings. The van der Waals surface area contributed by atoms with Gasteiger partial charge in [0, 0.05) is 16.2 Å². The van der Waals surface area contributed by atoms with Gasteiger partial charge in [-0.15, -0.1) is 0 Å². The second kappa shape index (κ2) is 3.44. The molecule has 1 heterocycles. The normalized spacial score (nSPS) is 10.8. The molecular weight excluding hydrogens is 218 g/mol. The average molecular weight is 230 g/mol. The Kier molecular flexibility index (Phi) is 2.73. The van der Waals surface area contributed by atoms with Gasteiger partial charge < -0.3 is 4.98 Å². The summed E-state index contributed by atoms with van der Waals surface area (Å²) in [5, 5.41) is 0. The van der Waals surface area contributed by atoms with E-state index in [4.69, 9.17) is 0 Å². The van der Waals surface area contributed by atoms with Gasteiger partial charge in [0.05, 0.1) is 0 Å². The van der Waals surface area contributed by atoms with Gasteiger partial charge in [0.1, 0.15) is 0 Å². The Balaban J connectivity index is 3.43. The Hall–Kier alpha value is -0.570. The Bertz CT molecular complexity index is 341. The third-order valence-electron chi connectivity index (χ3n) is 1.91. The zero-order valence-corrected chi connectivity index (χ0v) is 9.03. The third kappa shape index (κ3) is 1.61. The van der Waals surface area contributed by atoms with Crippen molar-refractivity contribution in [2.45, 2.75) is 26.7 Å². The van der Waals surface area contributed by atoms with Crippen molar-refractivity contribution in [3.8, 4) is 0 Å². The van der Waals surface area contributed by atoms with Crippen molar-refractivity contribution < 1.29 is 0 Å². The minimum Gasteiger partial charge on any atom is -0.328 e. The molecular formula is C9H12BrNO. The van der Waals surface area contributed by atoms with Crippen molar-refractivity contribution in [1.29, 1.82) is 0 Å². The van der Waals surface area contributed by atoms with Gasteiger partial charge in [0.2, 0.25) is 0 Å². The van der Waals surface area contributed by atoms with Gasteiger partial charge in [0.15, 0.2) is 0 Å². The van der Waals surface area contributed by atoms with Crippen LogP contribution < -0.4 is 5.56 Å². The minimum atomic E-state index is 0.00176. The number of pyridine rings is 1. The zero-order valence-electron chi connectivity index (χ0n) is 7.44. The fourth-order valence-corrected chi connectivity index (χ4v) is 2.19. The van der Waals surface area contributed by atoms with E-state index in [1.807, 2.05) is 6.92 Å². The van der Waals surface area contributed by atoms with Gasteiger partial charge in [-0.3, -0.25) is 4.79 Å². The first-order chi connectivity index (χ1) is 5.54. The van der Waals surface area contributed by atoms with E-state index in [1.165, 1.54) is 0 Å². The number of hydrogen-bond donors (Lipinski definition) is 1. The van der Waals surface area contributed by atoms with Crippen LogP contribution in [0.1, 0.15) is 30.9 Å². The molecule has 0 amide bonds. The lowest BCUT2D eigenvalue weighted by atomic mass is 10.0. The maximum Gasteiger partial charge on any atom is 0.251 e. The van der Waals surface area contributed by atoms with Crippen molar-refractivity contribution >= 4 is 15.9 Å². The van der Waals surface area contributed by atoms with Crippen LogP contribution in [-0.4, -0.2) is 4.98 Å². The lowest BCUT2D eigenvalue weighted by Gasteiger charge is -2.10. The number of nitrogens with one attached hydrogen (secondary N) is 1. The van der Waals surface area contributed by atoms with E-state index in [0.717, 1.165) is 15.6 Å². The van der Waals surface area contributed by atoms with Crippen molar-refractivity contribution in [3.63, 3.8) is 0 Å². The summed E-state index contributed by atoms with van der Waals surface area (Å²) in [7, 11) is 0. The van der Waals surface area contributed by atoms with E-state index in [2.05, 4.69) is 34.8 Å².